The average molecular weight is 524 g/mol. The normalized spacial score (nSPS) is 24.4. The van der Waals surface area contributed by atoms with Gasteiger partial charge in [0, 0.05) is 30.7 Å². The number of amides is 2. The maximum atomic E-state index is 13.6. The van der Waals surface area contributed by atoms with Gasteiger partial charge in [0.25, 0.3) is 0 Å². The average Bonchev–Trinajstić information content (AvgIpc) is 2.98. The standard InChI is InChI=1S/C29H37N3O2S2/c1-20(2)16-23(30)19-35-36-27(17-21-10-4-3-5-11-21)28(33)31-25-18-22-12-6-7-13-24(22)26-14-8-9-15-32(26)29(25)34/h3-4,6-7,10-13,21,23,25-27H,1,8-9,14-19,30H2,2H3,(H,31,33)/t21-,23-,25?,26?,27+/m0/s1. The van der Waals surface area contributed by atoms with Crippen LogP contribution in [0.3, 0.4) is 0 Å². The number of carbonyl (C=O) groups is 2. The molecule has 192 valence electrons. The van der Waals surface area contributed by atoms with Gasteiger partial charge in [-0.2, -0.15) is 0 Å². The molecule has 2 aliphatic heterocycles. The Kier molecular flexibility index (Phi) is 9.60. The molecule has 7 heteroatoms. The van der Waals surface area contributed by atoms with Crippen molar-refractivity contribution in [3.05, 3.63) is 77.6 Å². The molecule has 0 radical (unpaired) electrons. The lowest BCUT2D eigenvalue weighted by molar-refractivity contribution is -0.139. The summed E-state index contributed by atoms with van der Waals surface area (Å²) in [6.45, 7) is 6.69. The number of nitrogens with zero attached hydrogens (tertiary/aromatic N) is 1. The number of hydrogen-bond donors (Lipinski definition) is 2. The molecule has 0 aromatic heterocycles. The molecule has 2 amide bonds. The van der Waals surface area contributed by atoms with Crippen LogP contribution in [0.15, 0.2) is 66.5 Å². The molecule has 1 saturated heterocycles. The van der Waals surface area contributed by atoms with Crippen LogP contribution in [-0.2, 0) is 16.0 Å². The molecule has 3 N–H and O–H groups in total. The van der Waals surface area contributed by atoms with E-state index in [9.17, 15) is 9.59 Å². The van der Waals surface area contributed by atoms with Crippen molar-refractivity contribution in [2.24, 2.45) is 11.7 Å². The van der Waals surface area contributed by atoms with Gasteiger partial charge in [-0.25, -0.2) is 0 Å². The fourth-order valence-electron chi connectivity index (χ4n) is 5.24. The molecule has 1 aromatic rings. The maximum Gasteiger partial charge on any atom is 0.246 e. The van der Waals surface area contributed by atoms with Crippen LogP contribution in [-0.4, -0.2) is 46.3 Å². The number of hydrogen-bond acceptors (Lipinski definition) is 5. The van der Waals surface area contributed by atoms with E-state index in [1.54, 1.807) is 21.6 Å². The van der Waals surface area contributed by atoms with Gasteiger partial charge < -0.3 is 16.0 Å². The first-order chi connectivity index (χ1) is 17.4. The third-order valence-electron chi connectivity index (χ3n) is 6.96. The molecule has 5 atom stereocenters. The van der Waals surface area contributed by atoms with Gasteiger partial charge in [0.2, 0.25) is 11.8 Å². The Morgan fingerprint density at radius 3 is 2.94 bits per heavy atom. The lowest BCUT2D eigenvalue weighted by Gasteiger charge is -2.36. The van der Waals surface area contributed by atoms with E-state index in [1.165, 1.54) is 5.56 Å². The van der Waals surface area contributed by atoms with Crippen molar-refractivity contribution in [2.75, 3.05) is 12.3 Å². The Morgan fingerprint density at radius 1 is 1.33 bits per heavy atom. The summed E-state index contributed by atoms with van der Waals surface area (Å²) in [6, 6.07) is 7.92. The van der Waals surface area contributed by atoms with Gasteiger partial charge in [-0.3, -0.25) is 9.59 Å². The van der Waals surface area contributed by atoms with E-state index in [0.717, 1.165) is 49.1 Å². The van der Waals surface area contributed by atoms with E-state index < -0.39 is 6.04 Å². The minimum Gasteiger partial charge on any atom is -0.343 e. The van der Waals surface area contributed by atoms with Crippen LogP contribution in [0.4, 0.5) is 0 Å². The van der Waals surface area contributed by atoms with E-state index in [0.29, 0.717) is 12.8 Å². The molecule has 36 heavy (non-hydrogen) atoms. The fourth-order valence-corrected chi connectivity index (χ4v) is 7.98. The number of rotatable bonds is 10. The van der Waals surface area contributed by atoms with Crippen molar-refractivity contribution < 1.29 is 9.59 Å². The second-order valence-corrected chi connectivity index (χ2v) is 12.7. The second-order valence-electron chi connectivity index (χ2n) is 10.1. The van der Waals surface area contributed by atoms with E-state index >= 15 is 0 Å². The maximum absolute atomic E-state index is 13.6. The van der Waals surface area contributed by atoms with Gasteiger partial charge in [0.1, 0.15) is 6.04 Å². The fraction of sp³-hybridized carbons (Fsp3) is 0.483. The molecule has 1 aromatic carbocycles. The topological polar surface area (TPSA) is 75.4 Å². The highest BCUT2D eigenvalue weighted by molar-refractivity contribution is 8.77. The molecule has 0 spiro atoms. The Morgan fingerprint density at radius 2 is 2.17 bits per heavy atom. The molecule has 0 saturated carbocycles. The first-order valence-corrected chi connectivity index (χ1v) is 15.3. The lowest BCUT2D eigenvalue weighted by atomic mass is 9.92. The summed E-state index contributed by atoms with van der Waals surface area (Å²) in [5.41, 5.74) is 12.8. The molecule has 4 rings (SSSR count). The third-order valence-corrected chi connectivity index (χ3v) is 9.81. The van der Waals surface area contributed by atoms with Crippen LogP contribution in [0.25, 0.3) is 0 Å². The summed E-state index contributed by atoms with van der Waals surface area (Å²) in [5, 5.41) is 2.86. The van der Waals surface area contributed by atoms with Crippen LogP contribution in [0.5, 0.6) is 0 Å². The summed E-state index contributed by atoms with van der Waals surface area (Å²) < 4.78 is 0. The SMILES string of the molecule is C=C(C)C[C@H](N)CSS[C@H](C[C@@H]1C=C=CC=C1)C(=O)NC1Cc2ccccc2C2CCCCN2C1=O. The van der Waals surface area contributed by atoms with Gasteiger partial charge in [-0.15, -0.1) is 12.3 Å². The number of fused-ring (bicyclic) bond motifs is 3. The molecule has 1 aliphatic carbocycles. The van der Waals surface area contributed by atoms with E-state index in [-0.39, 0.29) is 35.1 Å². The third kappa shape index (κ3) is 6.98. The van der Waals surface area contributed by atoms with Crippen LogP contribution in [0.2, 0.25) is 0 Å². The summed E-state index contributed by atoms with van der Waals surface area (Å²) in [7, 11) is 3.19. The van der Waals surface area contributed by atoms with Gasteiger partial charge >= 0.3 is 0 Å². The highest BCUT2D eigenvalue weighted by atomic mass is 33.1. The molecule has 0 bridgehead atoms. The molecule has 1 fully saturated rings. The second kappa shape index (κ2) is 12.9. The molecule has 2 heterocycles. The van der Waals surface area contributed by atoms with Crippen molar-refractivity contribution in [1.29, 1.82) is 0 Å². The summed E-state index contributed by atoms with van der Waals surface area (Å²) in [5.74, 6) is 0.844. The Bertz CT molecular complexity index is 1060. The van der Waals surface area contributed by atoms with E-state index in [1.807, 2.05) is 36.1 Å². The zero-order valence-corrected chi connectivity index (χ0v) is 22.7. The Labute approximate surface area is 223 Å². The monoisotopic (exact) mass is 523 g/mol. The van der Waals surface area contributed by atoms with Gasteiger partial charge in [0.15, 0.2) is 0 Å². The Balaban J connectivity index is 1.48. The largest absolute Gasteiger partial charge is 0.343 e. The van der Waals surface area contributed by atoms with Crippen molar-refractivity contribution >= 4 is 33.4 Å². The Hall–Kier alpha value is -2.18. The quantitative estimate of drug-likeness (QED) is 0.253. The van der Waals surface area contributed by atoms with Crippen molar-refractivity contribution in [3.63, 3.8) is 0 Å². The van der Waals surface area contributed by atoms with Crippen LogP contribution in [0, 0.1) is 5.92 Å². The van der Waals surface area contributed by atoms with Crippen molar-refractivity contribution in [1.82, 2.24) is 10.2 Å². The van der Waals surface area contributed by atoms with Crippen LogP contribution >= 0.6 is 21.6 Å². The van der Waals surface area contributed by atoms with Gasteiger partial charge in [-0.05, 0) is 62.3 Å². The highest BCUT2D eigenvalue weighted by Gasteiger charge is 2.38. The number of nitrogens with two attached hydrogens (primary N) is 1. The van der Waals surface area contributed by atoms with Crippen molar-refractivity contribution in [2.45, 2.75) is 68.8 Å². The van der Waals surface area contributed by atoms with Gasteiger partial charge in [-0.1, -0.05) is 63.6 Å². The number of piperidine rings is 1. The lowest BCUT2D eigenvalue weighted by Crippen LogP contribution is -2.52. The predicted octanol–water partition coefficient (Wildman–Crippen LogP) is 5.11. The first-order valence-electron chi connectivity index (χ1n) is 12.9. The summed E-state index contributed by atoms with van der Waals surface area (Å²) in [6.07, 6.45) is 13.0. The van der Waals surface area contributed by atoms with E-state index in [4.69, 9.17) is 5.73 Å². The van der Waals surface area contributed by atoms with Crippen LogP contribution in [0.1, 0.15) is 56.2 Å². The van der Waals surface area contributed by atoms with E-state index in [2.05, 4.69) is 41.9 Å². The van der Waals surface area contributed by atoms with Gasteiger partial charge in [0.05, 0.1) is 11.3 Å². The minimum absolute atomic E-state index is 0.0112. The molecule has 3 aliphatic rings. The molecular weight excluding hydrogens is 486 g/mol. The smallest absolute Gasteiger partial charge is 0.246 e. The highest BCUT2D eigenvalue weighted by Crippen LogP contribution is 2.37. The number of carbonyl (C=O) groups excluding carboxylic acids is 2. The zero-order chi connectivity index (χ0) is 25.5. The summed E-state index contributed by atoms with van der Waals surface area (Å²) >= 11 is 0. The van der Waals surface area contributed by atoms with Crippen LogP contribution < -0.4 is 11.1 Å². The number of allylic oxidation sites excluding steroid dienone is 3. The molecule has 5 nitrogen and oxygen atoms in total. The number of nitrogens with one attached hydrogen (secondary N) is 1. The first kappa shape index (κ1) is 26.9. The van der Waals surface area contributed by atoms with Crippen molar-refractivity contribution in [3.8, 4) is 0 Å². The summed E-state index contributed by atoms with van der Waals surface area (Å²) in [4.78, 5) is 29.3. The molecular formula is C29H37N3O2S2. The molecule has 2 unspecified atom stereocenters. The predicted molar refractivity (Wildman–Crippen MR) is 152 cm³/mol. The zero-order valence-electron chi connectivity index (χ0n) is 21.0. The number of benzene rings is 1. The minimum atomic E-state index is -0.544.